The van der Waals surface area contributed by atoms with Crippen molar-refractivity contribution >= 4 is 11.6 Å². The van der Waals surface area contributed by atoms with Crippen molar-refractivity contribution in [1.82, 2.24) is 25.3 Å². The lowest BCUT2D eigenvalue weighted by molar-refractivity contribution is -0.137. The molecule has 2 heterocycles. The van der Waals surface area contributed by atoms with Crippen molar-refractivity contribution in [3.63, 3.8) is 0 Å². The lowest BCUT2D eigenvalue weighted by Crippen LogP contribution is -2.34. The minimum Gasteiger partial charge on any atom is -0.495 e. The predicted molar refractivity (Wildman–Crippen MR) is 146 cm³/mol. The molecule has 0 saturated heterocycles. The molecule has 0 aliphatic heterocycles. The second kappa shape index (κ2) is 11.6. The number of nitrogens with zero attached hydrogens (tertiary/aromatic N) is 4. The number of nitrogens with one attached hydrogen (secondary N) is 2. The van der Waals surface area contributed by atoms with Crippen LogP contribution >= 0.6 is 0 Å². The number of ether oxygens (including phenoxy) is 2. The first-order valence-electron chi connectivity index (χ1n) is 13.0. The van der Waals surface area contributed by atoms with Crippen LogP contribution < -0.4 is 20.1 Å². The van der Waals surface area contributed by atoms with Crippen LogP contribution in [0.1, 0.15) is 46.3 Å². The van der Waals surface area contributed by atoms with Gasteiger partial charge in [0.05, 0.1) is 43.6 Å². The Bertz CT molecular complexity index is 1570. The van der Waals surface area contributed by atoms with Crippen LogP contribution in [-0.2, 0) is 12.7 Å². The maximum Gasteiger partial charge on any atom is 0.416 e. The summed E-state index contributed by atoms with van der Waals surface area (Å²) >= 11 is 0. The average Bonchev–Trinajstić information content (AvgIpc) is 3.42. The predicted octanol–water partition coefficient (Wildman–Crippen LogP) is 5.57. The minimum absolute atomic E-state index is 0.0616. The van der Waals surface area contributed by atoms with E-state index in [0.29, 0.717) is 28.3 Å². The molecule has 41 heavy (non-hydrogen) atoms. The molecule has 0 unspecified atom stereocenters. The highest BCUT2D eigenvalue weighted by Crippen LogP contribution is 2.38. The number of hydrogen-bond donors (Lipinski definition) is 2. The molecule has 0 radical (unpaired) electrons. The van der Waals surface area contributed by atoms with E-state index < -0.39 is 17.6 Å². The Hall–Kier alpha value is -4.45. The highest BCUT2D eigenvalue weighted by Gasteiger charge is 2.33. The monoisotopic (exact) mass is 566 g/mol. The van der Waals surface area contributed by atoms with E-state index in [1.165, 1.54) is 11.8 Å². The van der Waals surface area contributed by atoms with E-state index in [0.717, 1.165) is 37.0 Å². The van der Waals surface area contributed by atoms with Gasteiger partial charge < -0.3 is 20.1 Å². The largest absolute Gasteiger partial charge is 0.495 e. The fraction of sp³-hybridized carbons (Fsp3) is 0.310. The van der Waals surface area contributed by atoms with Crippen LogP contribution in [0.3, 0.4) is 0 Å². The Balaban J connectivity index is 1.43. The Labute approximate surface area is 234 Å². The van der Waals surface area contributed by atoms with Crippen molar-refractivity contribution in [1.29, 1.82) is 0 Å². The van der Waals surface area contributed by atoms with Crippen molar-refractivity contribution in [3.05, 3.63) is 77.2 Å². The summed E-state index contributed by atoms with van der Waals surface area (Å²) in [6.07, 6.45) is 3.34. The summed E-state index contributed by atoms with van der Waals surface area (Å²) < 4.78 is 53.5. The second-order valence-electron chi connectivity index (χ2n) is 9.84. The number of carbonyl (C=O) groups excluding carboxylic acids is 1. The van der Waals surface area contributed by atoms with Gasteiger partial charge in [0.2, 0.25) is 0 Å². The van der Waals surface area contributed by atoms with Crippen LogP contribution in [0, 0.1) is 6.92 Å². The van der Waals surface area contributed by atoms with Gasteiger partial charge >= 0.3 is 6.18 Å². The molecule has 0 bridgehead atoms. The molecule has 2 aromatic heterocycles. The third kappa shape index (κ3) is 6.17. The van der Waals surface area contributed by atoms with Gasteiger partial charge in [0.25, 0.3) is 5.91 Å². The average molecular weight is 567 g/mol. The van der Waals surface area contributed by atoms with Gasteiger partial charge in [0.1, 0.15) is 17.2 Å². The van der Waals surface area contributed by atoms with E-state index in [4.69, 9.17) is 9.47 Å². The molecule has 9 nitrogen and oxygen atoms in total. The van der Waals surface area contributed by atoms with Crippen LogP contribution in [0.5, 0.6) is 11.5 Å². The van der Waals surface area contributed by atoms with Gasteiger partial charge in [0, 0.05) is 35.5 Å². The first-order chi connectivity index (χ1) is 19.7. The molecule has 1 aliphatic rings. The number of pyridine rings is 1. The zero-order valence-corrected chi connectivity index (χ0v) is 22.7. The van der Waals surface area contributed by atoms with Gasteiger partial charge in [-0.1, -0.05) is 17.7 Å². The van der Waals surface area contributed by atoms with Crippen LogP contribution in [0.2, 0.25) is 0 Å². The van der Waals surface area contributed by atoms with Gasteiger partial charge in [-0.05, 0) is 55.7 Å². The van der Waals surface area contributed by atoms with E-state index in [9.17, 15) is 18.0 Å². The van der Waals surface area contributed by atoms with Gasteiger partial charge in [-0.15, -0.1) is 5.10 Å². The zero-order valence-electron chi connectivity index (χ0n) is 22.7. The van der Waals surface area contributed by atoms with Crippen LogP contribution in [0.4, 0.5) is 18.9 Å². The van der Waals surface area contributed by atoms with E-state index >= 15 is 0 Å². The van der Waals surface area contributed by atoms with Crippen LogP contribution in [0.25, 0.3) is 16.9 Å². The summed E-state index contributed by atoms with van der Waals surface area (Å²) in [6.45, 7) is 2.04. The lowest BCUT2D eigenvalue weighted by atomic mass is 9.93. The molecule has 0 spiro atoms. The maximum absolute atomic E-state index is 13.8. The standard InChI is InChI=1S/C29H29F3N6O3/c1-17-7-8-18(11-26(17)38-16-25(36-37-38)19-10-23(40-2)15-33-13-19)28(39)35-24-12-21(29(30,31)32)9-20(27(24)41-3)14-34-22-5-4-6-22/h7-13,15-16,22,34H,4-6,14H2,1-3H3,(H,35,39). The Morgan fingerprint density at radius 3 is 2.59 bits per heavy atom. The summed E-state index contributed by atoms with van der Waals surface area (Å²) in [5, 5.41) is 14.3. The smallest absolute Gasteiger partial charge is 0.416 e. The van der Waals surface area contributed by atoms with Crippen molar-refractivity contribution in [2.24, 2.45) is 0 Å². The van der Waals surface area contributed by atoms with E-state index in [1.807, 2.05) is 6.92 Å². The maximum atomic E-state index is 13.8. The molecular formula is C29H29F3N6O3. The Morgan fingerprint density at radius 1 is 1.10 bits per heavy atom. The third-order valence-corrected chi connectivity index (χ3v) is 7.09. The molecule has 5 rings (SSSR count). The first-order valence-corrected chi connectivity index (χ1v) is 13.0. The normalized spacial score (nSPS) is 13.5. The van der Waals surface area contributed by atoms with E-state index in [1.54, 1.807) is 50.0 Å². The number of aryl methyl sites for hydroxylation is 1. The van der Waals surface area contributed by atoms with Crippen molar-refractivity contribution < 1.29 is 27.4 Å². The zero-order chi connectivity index (χ0) is 29.1. The summed E-state index contributed by atoms with van der Waals surface area (Å²) in [5.41, 5.74) is 2.23. The molecule has 12 heteroatoms. The first kappa shape index (κ1) is 28.1. The summed E-state index contributed by atoms with van der Waals surface area (Å²) in [5.74, 6) is 0.149. The Kier molecular flexibility index (Phi) is 7.93. The summed E-state index contributed by atoms with van der Waals surface area (Å²) in [7, 11) is 2.91. The number of anilines is 1. The van der Waals surface area contributed by atoms with Crippen molar-refractivity contribution in [3.8, 4) is 28.4 Å². The summed E-state index contributed by atoms with van der Waals surface area (Å²) in [4.78, 5) is 17.5. The molecule has 214 valence electrons. The molecule has 1 fully saturated rings. The number of hydrogen-bond acceptors (Lipinski definition) is 7. The quantitative estimate of drug-likeness (QED) is 0.273. The number of halogens is 3. The molecule has 1 saturated carbocycles. The van der Waals surface area contributed by atoms with Crippen molar-refractivity contribution in [2.75, 3.05) is 19.5 Å². The fourth-order valence-electron chi connectivity index (χ4n) is 4.56. The molecule has 4 aromatic rings. The van der Waals surface area contributed by atoms with Gasteiger partial charge in [-0.2, -0.15) is 13.2 Å². The molecular weight excluding hydrogens is 537 g/mol. The van der Waals surface area contributed by atoms with Gasteiger partial charge in [-0.25, -0.2) is 4.68 Å². The highest BCUT2D eigenvalue weighted by molar-refractivity contribution is 6.05. The number of carbonyl (C=O) groups is 1. The highest BCUT2D eigenvalue weighted by atomic mass is 19.4. The van der Waals surface area contributed by atoms with Gasteiger partial charge in [-0.3, -0.25) is 9.78 Å². The number of benzene rings is 2. The topological polar surface area (TPSA) is 103 Å². The minimum atomic E-state index is -4.60. The SMILES string of the molecule is COc1cncc(-c2cn(-c3cc(C(=O)Nc4cc(C(F)(F)F)cc(CNC5CCC5)c4OC)ccc3C)nn2)c1. The van der Waals surface area contributed by atoms with E-state index in [2.05, 4.69) is 25.9 Å². The number of amides is 1. The summed E-state index contributed by atoms with van der Waals surface area (Å²) in [6, 6.07) is 8.92. The van der Waals surface area contributed by atoms with Crippen LogP contribution in [0.15, 0.2) is 55.0 Å². The molecule has 2 N–H and O–H groups in total. The Morgan fingerprint density at radius 2 is 1.90 bits per heavy atom. The number of methoxy groups -OCH3 is 2. The van der Waals surface area contributed by atoms with Crippen molar-refractivity contribution in [2.45, 2.75) is 44.9 Å². The fourth-order valence-corrected chi connectivity index (χ4v) is 4.56. The number of alkyl halides is 3. The van der Waals surface area contributed by atoms with Gasteiger partial charge in [0.15, 0.2) is 0 Å². The number of aromatic nitrogens is 4. The van der Waals surface area contributed by atoms with Crippen LogP contribution in [-0.4, -0.2) is 46.1 Å². The molecule has 2 aromatic carbocycles. The number of rotatable bonds is 9. The molecule has 0 atom stereocenters. The lowest BCUT2D eigenvalue weighted by Gasteiger charge is -2.27. The second-order valence-corrected chi connectivity index (χ2v) is 9.84. The third-order valence-electron chi connectivity index (χ3n) is 7.09. The molecule has 1 aliphatic carbocycles. The molecule has 1 amide bonds. The van der Waals surface area contributed by atoms with E-state index in [-0.39, 0.29) is 29.6 Å².